The lowest BCUT2D eigenvalue weighted by Crippen LogP contribution is -2.43. The Balaban J connectivity index is 2.26. The summed E-state index contributed by atoms with van der Waals surface area (Å²) in [6.07, 6.45) is 2.44. The van der Waals surface area contributed by atoms with Crippen LogP contribution in [-0.2, 0) is 4.74 Å². The van der Waals surface area contributed by atoms with Gasteiger partial charge < -0.3 is 10.1 Å². The molecule has 0 aromatic carbocycles. The zero-order valence-corrected chi connectivity index (χ0v) is 10.4. The zero-order chi connectivity index (χ0) is 10.4. The minimum Gasteiger partial charge on any atom is -0.380 e. The molecule has 3 heteroatoms. The van der Waals surface area contributed by atoms with E-state index in [0.29, 0.717) is 11.3 Å². The van der Waals surface area contributed by atoms with Crippen LogP contribution >= 0.6 is 11.8 Å². The summed E-state index contributed by atoms with van der Waals surface area (Å²) >= 11 is 2.08. The first-order valence-electron chi connectivity index (χ1n) is 5.64. The Hall–Kier alpha value is 0.270. The average molecular weight is 217 g/mol. The van der Waals surface area contributed by atoms with E-state index in [0.717, 1.165) is 25.6 Å². The molecule has 0 aromatic rings. The van der Waals surface area contributed by atoms with E-state index in [-0.39, 0.29) is 0 Å². The molecule has 0 aromatic heterocycles. The van der Waals surface area contributed by atoms with Gasteiger partial charge in [-0.05, 0) is 25.1 Å². The molecule has 1 saturated heterocycles. The van der Waals surface area contributed by atoms with Gasteiger partial charge >= 0.3 is 0 Å². The normalized spacial score (nSPS) is 30.2. The van der Waals surface area contributed by atoms with Crippen molar-refractivity contribution < 1.29 is 4.74 Å². The van der Waals surface area contributed by atoms with Crippen molar-refractivity contribution >= 4 is 11.8 Å². The fourth-order valence-electron chi connectivity index (χ4n) is 1.61. The number of ether oxygens (including phenoxy) is 1. The van der Waals surface area contributed by atoms with Crippen molar-refractivity contribution in [1.82, 2.24) is 5.32 Å². The lowest BCUT2D eigenvalue weighted by atomic mass is 10.1. The molecule has 84 valence electrons. The Morgan fingerprint density at radius 1 is 1.57 bits per heavy atom. The van der Waals surface area contributed by atoms with Gasteiger partial charge in [0, 0.05) is 17.9 Å². The maximum Gasteiger partial charge on any atom is 0.0600 e. The second-order valence-electron chi connectivity index (χ2n) is 4.14. The lowest BCUT2D eigenvalue weighted by Gasteiger charge is -2.31. The molecule has 3 atom stereocenters. The summed E-state index contributed by atoms with van der Waals surface area (Å²) in [5.41, 5.74) is 0. The van der Waals surface area contributed by atoms with Gasteiger partial charge in [0.05, 0.1) is 6.61 Å². The average Bonchev–Trinajstić information content (AvgIpc) is 2.26. The number of hydrogen-bond donors (Lipinski definition) is 1. The van der Waals surface area contributed by atoms with Crippen LogP contribution in [0.3, 0.4) is 0 Å². The molecule has 0 amide bonds. The van der Waals surface area contributed by atoms with Crippen LogP contribution in [0, 0.1) is 5.92 Å². The first-order valence-corrected chi connectivity index (χ1v) is 6.69. The minimum absolute atomic E-state index is 0.651. The maximum atomic E-state index is 5.52. The van der Waals surface area contributed by atoms with Crippen LogP contribution in [0.25, 0.3) is 0 Å². The van der Waals surface area contributed by atoms with Gasteiger partial charge in [0.1, 0.15) is 0 Å². The quantitative estimate of drug-likeness (QED) is 0.762. The zero-order valence-electron chi connectivity index (χ0n) is 9.58. The molecule has 2 nitrogen and oxygen atoms in total. The van der Waals surface area contributed by atoms with Crippen molar-refractivity contribution in [3.63, 3.8) is 0 Å². The van der Waals surface area contributed by atoms with Crippen LogP contribution in [0.5, 0.6) is 0 Å². The summed E-state index contributed by atoms with van der Waals surface area (Å²) in [5.74, 6) is 2.10. The Kier molecular flexibility index (Phi) is 5.90. The molecule has 0 spiro atoms. The second-order valence-corrected chi connectivity index (χ2v) is 5.42. The molecule has 1 rings (SSSR count). The van der Waals surface area contributed by atoms with Crippen LogP contribution in [0.4, 0.5) is 0 Å². The van der Waals surface area contributed by atoms with Crippen LogP contribution in [0.1, 0.15) is 26.7 Å². The van der Waals surface area contributed by atoms with E-state index < -0.39 is 0 Å². The van der Waals surface area contributed by atoms with Crippen LogP contribution in [0.15, 0.2) is 0 Å². The first kappa shape index (κ1) is 12.3. The largest absolute Gasteiger partial charge is 0.380 e. The standard InChI is InChI=1S/C11H23NOS/c1-4-9(2)8-14-11-7-13-6-5-10(11)12-3/h9-12H,4-8H2,1-3H3. The van der Waals surface area contributed by atoms with E-state index in [1.807, 2.05) is 0 Å². The molecule has 14 heavy (non-hydrogen) atoms. The number of rotatable bonds is 5. The minimum atomic E-state index is 0.651. The van der Waals surface area contributed by atoms with E-state index in [1.165, 1.54) is 12.2 Å². The smallest absolute Gasteiger partial charge is 0.0600 e. The first-order chi connectivity index (χ1) is 6.77. The number of thioether (sulfide) groups is 1. The highest BCUT2D eigenvalue weighted by Gasteiger charge is 2.24. The maximum absolute atomic E-state index is 5.52. The predicted octanol–water partition coefficient (Wildman–Crippen LogP) is 2.14. The van der Waals surface area contributed by atoms with Crippen LogP contribution in [-0.4, -0.2) is 37.3 Å². The Morgan fingerprint density at radius 2 is 2.36 bits per heavy atom. The highest BCUT2D eigenvalue weighted by atomic mass is 32.2. The van der Waals surface area contributed by atoms with E-state index in [1.54, 1.807) is 0 Å². The van der Waals surface area contributed by atoms with Crippen molar-refractivity contribution in [2.75, 3.05) is 26.0 Å². The highest BCUT2D eigenvalue weighted by Crippen LogP contribution is 2.24. The molecule has 0 saturated carbocycles. The summed E-state index contributed by atoms with van der Waals surface area (Å²) in [7, 11) is 2.06. The molecule has 3 unspecified atom stereocenters. The molecule has 1 aliphatic heterocycles. The van der Waals surface area contributed by atoms with E-state index in [4.69, 9.17) is 4.74 Å². The summed E-state index contributed by atoms with van der Waals surface area (Å²) in [4.78, 5) is 0. The second kappa shape index (κ2) is 6.70. The molecule has 0 bridgehead atoms. The highest BCUT2D eigenvalue weighted by molar-refractivity contribution is 8.00. The fourth-order valence-corrected chi connectivity index (χ4v) is 3.12. The molecular weight excluding hydrogens is 194 g/mol. The molecule has 0 radical (unpaired) electrons. The van der Waals surface area contributed by atoms with Crippen molar-refractivity contribution in [2.45, 2.75) is 38.0 Å². The fraction of sp³-hybridized carbons (Fsp3) is 1.00. The molecular formula is C11H23NOS. The van der Waals surface area contributed by atoms with Crippen molar-refractivity contribution in [3.8, 4) is 0 Å². The third-order valence-corrected chi connectivity index (χ3v) is 4.62. The third-order valence-electron chi connectivity index (χ3n) is 2.97. The van der Waals surface area contributed by atoms with Gasteiger partial charge in [0.2, 0.25) is 0 Å². The number of hydrogen-bond acceptors (Lipinski definition) is 3. The molecule has 1 aliphatic rings. The summed E-state index contributed by atoms with van der Waals surface area (Å²) in [6.45, 7) is 6.43. The Labute approximate surface area is 92.2 Å². The number of nitrogens with one attached hydrogen (secondary N) is 1. The van der Waals surface area contributed by atoms with E-state index >= 15 is 0 Å². The topological polar surface area (TPSA) is 21.3 Å². The van der Waals surface area contributed by atoms with Gasteiger partial charge in [0.25, 0.3) is 0 Å². The summed E-state index contributed by atoms with van der Waals surface area (Å²) in [6, 6.07) is 0.651. The van der Waals surface area contributed by atoms with Crippen molar-refractivity contribution in [1.29, 1.82) is 0 Å². The van der Waals surface area contributed by atoms with E-state index in [2.05, 4.69) is 38.0 Å². The molecule has 1 fully saturated rings. The van der Waals surface area contributed by atoms with Gasteiger partial charge in [-0.1, -0.05) is 20.3 Å². The van der Waals surface area contributed by atoms with Gasteiger partial charge in [-0.3, -0.25) is 0 Å². The van der Waals surface area contributed by atoms with Crippen molar-refractivity contribution in [2.24, 2.45) is 5.92 Å². The molecule has 0 aliphatic carbocycles. The third kappa shape index (κ3) is 3.79. The van der Waals surface area contributed by atoms with Crippen molar-refractivity contribution in [3.05, 3.63) is 0 Å². The monoisotopic (exact) mass is 217 g/mol. The lowest BCUT2D eigenvalue weighted by molar-refractivity contribution is 0.0850. The van der Waals surface area contributed by atoms with Gasteiger partial charge in [-0.25, -0.2) is 0 Å². The molecule has 1 heterocycles. The van der Waals surface area contributed by atoms with Crippen LogP contribution in [0.2, 0.25) is 0 Å². The SMILES string of the molecule is CCC(C)CSC1COCCC1NC. The predicted molar refractivity (Wildman–Crippen MR) is 64.0 cm³/mol. The molecule has 1 N–H and O–H groups in total. The Bertz CT molecular complexity index is 154. The van der Waals surface area contributed by atoms with Gasteiger partial charge in [0.15, 0.2) is 0 Å². The van der Waals surface area contributed by atoms with Gasteiger partial charge in [-0.15, -0.1) is 0 Å². The summed E-state index contributed by atoms with van der Waals surface area (Å²) < 4.78 is 5.52. The van der Waals surface area contributed by atoms with E-state index in [9.17, 15) is 0 Å². The van der Waals surface area contributed by atoms with Crippen LogP contribution < -0.4 is 5.32 Å². The summed E-state index contributed by atoms with van der Waals surface area (Å²) in [5, 5.41) is 4.05. The van der Waals surface area contributed by atoms with Gasteiger partial charge in [-0.2, -0.15) is 11.8 Å². The Morgan fingerprint density at radius 3 is 3.00 bits per heavy atom.